The molecule has 0 unspecified atom stereocenters. The van der Waals surface area contributed by atoms with Crippen LogP contribution in [-0.2, 0) is 6.61 Å². The van der Waals surface area contributed by atoms with E-state index in [0.717, 1.165) is 0 Å². The molecule has 2 N–H and O–H groups in total. The number of carbonyl (C=O) groups is 1. The summed E-state index contributed by atoms with van der Waals surface area (Å²) >= 11 is 0. The highest BCUT2D eigenvalue weighted by Crippen LogP contribution is 2.06. The molecule has 1 rings (SSSR count). The Morgan fingerprint density at radius 2 is 2.25 bits per heavy atom. The number of aliphatic hydroxyl groups is 1. The Morgan fingerprint density at radius 3 is 2.67 bits per heavy atom. The van der Waals surface area contributed by atoms with Crippen molar-refractivity contribution in [3.63, 3.8) is 0 Å². The van der Waals surface area contributed by atoms with Crippen LogP contribution in [0.4, 0.5) is 0 Å². The summed E-state index contributed by atoms with van der Waals surface area (Å²) in [5, 5.41) is 17.3. The number of rotatable bonds is 2. The van der Waals surface area contributed by atoms with Gasteiger partial charge in [-0.15, -0.1) is 0 Å². The van der Waals surface area contributed by atoms with Crippen LogP contribution in [0, 0.1) is 6.92 Å². The van der Waals surface area contributed by atoms with Crippen LogP contribution in [0.15, 0.2) is 12.1 Å². The molecule has 4 heteroatoms. The van der Waals surface area contributed by atoms with E-state index in [1.807, 2.05) is 0 Å². The maximum Gasteiger partial charge on any atom is 0.337 e. The van der Waals surface area contributed by atoms with Gasteiger partial charge < -0.3 is 10.2 Å². The average Bonchev–Trinajstić information content (AvgIpc) is 2.03. The van der Waals surface area contributed by atoms with Crippen LogP contribution in [0.25, 0.3) is 0 Å². The lowest BCUT2D eigenvalue weighted by Crippen LogP contribution is -2.03. The third kappa shape index (κ3) is 1.60. The smallest absolute Gasteiger partial charge is 0.337 e. The predicted octanol–water partition coefficient (Wildman–Crippen LogP) is 0.581. The number of aromatic nitrogens is 1. The lowest BCUT2D eigenvalue weighted by Gasteiger charge is -2.00. The molecule has 1 heterocycles. The Hall–Kier alpha value is -1.42. The SMILES string of the molecule is Cc1nc(CO)ccc1C(=O)O. The molecule has 0 bridgehead atoms. The first-order valence-corrected chi connectivity index (χ1v) is 3.46. The molecule has 0 amide bonds. The first-order valence-electron chi connectivity index (χ1n) is 3.46. The maximum absolute atomic E-state index is 10.5. The Morgan fingerprint density at radius 1 is 1.58 bits per heavy atom. The van der Waals surface area contributed by atoms with Gasteiger partial charge in [-0.05, 0) is 19.1 Å². The fourth-order valence-corrected chi connectivity index (χ4v) is 0.927. The fourth-order valence-electron chi connectivity index (χ4n) is 0.927. The molecule has 0 fully saturated rings. The highest BCUT2D eigenvalue weighted by molar-refractivity contribution is 5.88. The summed E-state index contributed by atoms with van der Waals surface area (Å²) in [5.41, 5.74) is 1.08. The Kier molecular flexibility index (Phi) is 2.40. The minimum absolute atomic E-state index is 0.166. The Balaban J connectivity index is 3.12. The second-order valence-corrected chi connectivity index (χ2v) is 2.40. The quantitative estimate of drug-likeness (QED) is 0.675. The molecule has 0 aliphatic carbocycles. The number of aryl methyl sites for hydroxylation is 1. The number of pyridine rings is 1. The summed E-state index contributed by atoms with van der Waals surface area (Å²) in [5.74, 6) is -0.996. The van der Waals surface area contributed by atoms with Crippen LogP contribution in [-0.4, -0.2) is 21.2 Å². The highest BCUT2D eigenvalue weighted by atomic mass is 16.4. The third-order valence-electron chi connectivity index (χ3n) is 1.54. The molecule has 0 radical (unpaired) electrons. The summed E-state index contributed by atoms with van der Waals surface area (Å²) in [4.78, 5) is 14.4. The molecular formula is C8H9NO3. The molecule has 1 aromatic heterocycles. The molecule has 0 aromatic carbocycles. The van der Waals surface area contributed by atoms with E-state index in [-0.39, 0.29) is 12.2 Å². The van der Waals surface area contributed by atoms with E-state index in [2.05, 4.69) is 4.98 Å². The third-order valence-corrected chi connectivity index (χ3v) is 1.54. The van der Waals surface area contributed by atoms with E-state index in [1.165, 1.54) is 12.1 Å². The van der Waals surface area contributed by atoms with Gasteiger partial charge in [-0.25, -0.2) is 4.79 Å². The summed E-state index contributed by atoms with van der Waals surface area (Å²) in [7, 11) is 0. The van der Waals surface area contributed by atoms with Crippen molar-refractivity contribution in [3.05, 3.63) is 29.1 Å². The van der Waals surface area contributed by atoms with Crippen molar-refractivity contribution in [2.75, 3.05) is 0 Å². The van der Waals surface area contributed by atoms with E-state index in [4.69, 9.17) is 10.2 Å². The van der Waals surface area contributed by atoms with E-state index >= 15 is 0 Å². The van der Waals surface area contributed by atoms with Gasteiger partial charge in [0, 0.05) is 0 Å². The lowest BCUT2D eigenvalue weighted by atomic mass is 10.2. The van der Waals surface area contributed by atoms with Gasteiger partial charge in [0.25, 0.3) is 0 Å². The predicted molar refractivity (Wildman–Crippen MR) is 41.9 cm³/mol. The van der Waals surface area contributed by atoms with Crippen molar-refractivity contribution < 1.29 is 15.0 Å². The van der Waals surface area contributed by atoms with Crippen molar-refractivity contribution >= 4 is 5.97 Å². The number of aromatic carboxylic acids is 1. The van der Waals surface area contributed by atoms with Crippen molar-refractivity contribution in [1.29, 1.82) is 0 Å². The van der Waals surface area contributed by atoms with Gasteiger partial charge >= 0.3 is 5.97 Å². The standard InChI is InChI=1S/C8H9NO3/c1-5-7(8(11)12)3-2-6(4-10)9-5/h2-3,10H,4H2,1H3,(H,11,12). The van der Waals surface area contributed by atoms with Gasteiger partial charge in [-0.1, -0.05) is 0 Å². The van der Waals surface area contributed by atoms with Crippen LogP contribution in [0.3, 0.4) is 0 Å². The second kappa shape index (κ2) is 3.32. The lowest BCUT2D eigenvalue weighted by molar-refractivity contribution is 0.0695. The van der Waals surface area contributed by atoms with Crippen LogP contribution in [0.5, 0.6) is 0 Å². The summed E-state index contributed by atoms with van der Waals surface area (Å²) < 4.78 is 0. The molecule has 12 heavy (non-hydrogen) atoms. The molecule has 4 nitrogen and oxygen atoms in total. The molecule has 0 saturated carbocycles. The van der Waals surface area contributed by atoms with Crippen molar-refractivity contribution in [2.45, 2.75) is 13.5 Å². The Bertz CT molecular complexity index is 309. The van der Waals surface area contributed by atoms with Gasteiger partial charge in [0.05, 0.1) is 23.6 Å². The zero-order chi connectivity index (χ0) is 9.14. The molecule has 0 saturated heterocycles. The summed E-state index contributed by atoms with van der Waals surface area (Å²) in [6.45, 7) is 1.43. The first kappa shape index (κ1) is 8.67. The molecule has 0 atom stereocenters. The minimum atomic E-state index is -0.996. The van der Waals surface area contributed by atoms with Gasteiger partial charge in [-0.2, -0.15) is 0 Å². The molecule has 0 aliphatic heterocycles. The van der Waals surface area contributed by atoms with Crippen molar-refractivity contribution in [2.24, 2.45) is 0 Å². The highest BCUT2D eigenvalue weighted by Gasteiger charge is 2.07. The number of hydrogen-bond donors (Lipinski definition) is 2. The topological polar surface area (TPSA) is 70.4 Å². The molecule has 1 aromatic rings. The second-order valence-electron chi connectivity index (χ2n) is 2.40. The minimum Gasteiger partial charge on any atom is -0.478 e. The molecular weight excluding hydrogens is 158 g/mol. The van der Waals surface area contributed by atoms with Crippen LogP contribution >= 0.6 is 0 Å². The van der Waals surface area contributed by atoms with Crippen molar-refractivity contribution in [3.8, 4) is 0 Å². The number of aliphatic hydroxyl groups excluding tert-OH is 1. The number of carboxylic acids is 1. The summed E-state index contributed by atoms with van der Waals surface area (Å²) in [6.07, 6.45) is 0. The zero-order valence-corrected chi connectivity index (χ0v) is 6.61. The van der Waals surface area contributed by atoms with Crippen molar-refractivity contribution in [1.82, 2.24) is 4.98 Å². The van der Waals surface area contributed by atoms with Crippen LogP contribution < -0.4 is 0 Å². The average molecular weight is 167 g/mol. The number of carboxylic acid groups (broad SMARTS) is 1. The number of hydrogen-bond acceptors (Lipinski definition) is 3. The van der Waals surface area contributed by atoms with Gasteiger partial charge in [0.15, 0.2) is 0 Å². The first-order chi connectivity index (χ1) is 5.65. The summed E-state index contributed by atoms with van der Waals surface area (Å²) in [6, 6.07) is 2.94. The van der Waals surface area contributed by atoms with Gasteiger partial charge in [0.1, 0.15) is 0 Å². The van der Waals surface area contributed by atoms with E-state index < -0.39 is 5.97 Å². The Labute approximate surface area is 69.5 Å². The van der Waals surface area contributed by atoms with Crippen LogP contribution in [0.2, 0.25) is 0 Å². The molecule has 0 spiro atoms. The van der Waals surface area contributed by atoms with E-state index in [1.54, 1.807) is 6.92 Å². The number of nitrogens with zero attached hydrogens (tertiary/aromatic N) is 1. The van der Waals surface area contributed by atoms with Crippen LogP contribution in [0.1, 0.15) is 21.7 Å². The van der Waals surface area contributed by atoms with Gasteiger partial charge in [0.2, 0.25) is 0 Å². The molecule has 64 valence electrons. The normalized spacial score (nSPS) is 9.83. The monoisotopic (exact) mass is 167 g/mol. The fraction of sp³-hybridized carbons (Fsp3) is 0.250. The largest absolute Gasteiger partial charge is 0.478 e. The van der Waals surface area contributed by atoms with Gasteiger partial charge in [-0.3, -0.25) is 4.98 Å². The maximum atomic E-state index is 10.5. The van der Waals surface area contributed by atoms with E-state index in [9.17, 15) is 4.79 Å². The molecule has 0 aliphatic rings. The zero-order valence-electron chi connectivity index (χ0n) is 6.61. The van der Waals surface area contributed by atoms with E-state index in [0.29, 0.717) is 11.4 Å².